The monoisotopic (exact) mass is 601 g/mol. The average molecular weight is 602 g/mol. The van der Waals surface area contributed by atoms with Crippen LogP contribution in [0.3, 0.4) is 0 Å². The number of nitrogens with zero attached hydrogens (tertiary/aromatic N) is 2. The summed E-state index contributed by atoms with van der Waals surface area (Å²) in [7, 11) is -5.31. The van der Waals surface area contributed by atoms with E-state index in [2.05, 4.69) is 24.9 Å². The van der Waals surface area contributed by atoms with E-state index in [1.807, 2.05) is 0 Å². The minimum atomic E-state index is -4.21. The van der Waals surface area contributed by atoms with E-state index in [0.717, 1.165) is 0 Å². The second kappa shape index (κ2) is 12.0. The smallest absolute Gasteiger partial charge is 0.267 e. The molecule has 0 unspecified atom stereocenters. The standard InChI is InChI=1S/C26H27N5O8S2/c1-16-25(17(2)39-30-16)41(35,36)31-22-13-24(38-4)23(37-3)12-21(22)26(32)29-19-7-9-20(10-8-19)40(33,34)28-15-18-6-5-11-27-14-18/h5-14,28,31H,15H2,1-4H3,(H,29,32). The van der Waals surface area contributed by atoms with Gasteiger partial charge in [-0.2, -0.15) is 0 Å². The van der Waals surface area contributed by atoms with Crippen LogP contribution in [0, 0.1) is 13.8 Å². The summed E-state index contributed by atoms with van der Waals surface area (Å²) in [4.78, 5) is 17.1. The third-order valence-electron chi connectivity index (χ3n) is 5.86. The second-order valence-electron chi connectivity index (χ2n) is 8.68. The highest BCUT2D eigenvalue weighted by Crippen LogP contribution is 2.35. The summed E-state index contributed by atoms with van der Waals surface area (Å²) in [6.07, 6.45) is 3.14. The lowest BCUT2D eigenvalue weighted by atomic mass is 10.1. The molecule has 41 heavy (non-hydrogen) atoms. The maximum absolute atomic E-state index is 13.3. The molecule has 0 bridgehead atoms. The Morgan fingerprint density at radius 2 is 1.63 bits per heavy atom. The number of carbonyl (C=O) groups is 1. The minimum Gasteiger partial charge on any atom is -0.493 e. The van der Waals surface area contributed by atoms with Gasteiger partial charge in [-0.25, -0.2) is 21.6 Å². The molecule has 1 amide bonds. The third kappa shape index (κ3) is 6.65. The summed E-state index contributed by atoms with van der Waals surface area (Å²) >= 11 is 0. The summed E-state index contributed by atoms with van der Waals surface area (Å²) < 4.78 is 72.2. The van der Waals surface area contributed by atoms with E-state index in [-0.39, 0.29) is 56.2 Å². The molecule has 0 atom stereocenters. The van der Waals surface area contributed by atoms with Crippen LogP contribution in [0.4, 0.5) is 11.4 Å². The number of pyridine rings is 1. The maximum atomic E-state index is 13.3. The van der Waals surface area contributed by atoms with Crippen LogP contribution in [0.15, 0.2) is 75.2 Å². The number of rotatable bonds is 11. The number of amides is 1. The van der Waals surface area contributed by atoms with Gasteiger partial charge in [-0.15, -0.1) is 0 Å². The number of anilines is 2. The molecule has 0 spiro atoms. The molecule has 216 valence electrons. The first-order valence-corrected chi connectivity index (χ1v) is 14.9. The molecular weight excluding hydrogens is 574 g/mol. The fourth-order valence-electron chi connectivity index (χ4n) is 3.89. The molecule has 13 nitrogen and oxygen atoms in total. The van der Waals surface area contributed by atoms with Gasteiger partial charge in [0.05, 0.1) is 30.4 Å². The molecule has 0 aliphatic rings. The topological polar surface area (TPSA) is 179 Å². The van der Waals surface area contributed by atoms with Crippen LogP contribution in [0.5, 0.6) is 11.5 Å². The van der Waals surface area contributed by atoms with Crippen molar-refractivity contribution in [2.75, 3.05) is 24.3 Å². The summed E-state index contributed by atoms with van der Waals surface area (Å²) in [5.41, 5.74) is 0.907. The zero-order valence-corrected chi connectivity index (χ0v) is 24.1. The van der Waals surface area contributed by atoms with Gasteiger partial charge in [0.2, 0.25) is 10.0 Å². The summed E-state index contributed by atoms with van der Waals surface area (Å²) in [5, 5.41) is 6.32. The quantitative estimate of drug-likeness (QED) is 0.231. The van der Waals surface area contributed by atoms with E-state index in [9.17, 15) is 21.6 Å². The normalized spacial score (nSPS) is 11.6. The molecule has 0 fully saturated rings. The highest BCUT2D eigenvalue weighted by atomic mass is 32.2. The van der Waals surface area contributed by atoms with Gasteiger partial charge < -0.3 is 19.3 Å². The van der Waals surface area contributed by atoms with Gasteiger partial charge in [0.15, 0.2) is 22.2 Å². The summed E-state index contributed by atoms with van der Waals surface area (Å²) in [5.74, 6) is -0.271. The van der Waals surface area contributed by atoms with Crippen LogP contribution >= 0.6 is 0 Å². The fourth-order valence-corrected chi connectivity index (χ4v) is 6.31. The third-order valence-corrected chi connectivity index (χ3v) is 8.89. The van der Waals surface area contributed by atoms with Crippen LogP contribution in [-0.4, -0.2) is 47.1 Å². The van der Waals surface area contributed by atoms with Crippen LogP contribution in [0.2, 0.25) is 0 Å². The van der Waals surface area contributed by atoms with Crippen molar-refractivity contribution in [2.45, 2.75) is 30.2 Å². The summed E-state index contributed by atoms with van der Waals surface area (Å²) in [6.45, 7) is 2.99. The molecule has 2 aromatic heterocycles. The molecule has 0 aliphatic heterocycles. The number of carbonyl (C=O) groups excluding carboxylic acids is 1. The largest absolute Gasteiger partial charge is 0.493 e. The second-order valence-corrected chi connectivity index (χ2v) is 12.1. The Labute approximate surface area is 237 Å². The first-order valence-electron chi connectivity index (χ1n) is 12.0. The fraction of sp³-hybridized carbons (Fsp3) is 0.192. The number of aromatic nitrogens is 2. The Kier molecular flexibility index (Phi) is 8.60. The van der Waals surface area contributed by atoms with E-state index in [4.69, 9.17) is 14.0 Å². The predicted octanol–water partition coefficient (Wildman–Crippen LogP) is 3.24. The Bertz CT molecular complexity index is 1750. The van der Waals surface area contributed by atoms with Crippen molar-refractivity contribution in [1.29, 1.82) is 0 Å². The van der Waals surface area contributed by atoms with Crippen molar-refractivity contribution in [3.05, 3.63) is 83.5 Å². The van der Waals surface area contributed by atoms with Crippen molar-refractivity contribution >= 4 is 37.3 Å². The van der Waals surface area contributed by atoms with E-state index in [1.165, 1.54) is 64.5 Å². The molecule has 0 aliphatic carbocycles. The first-order chi connectivity index (χ1) is 19.4. The Morgan fingerprint density at radius 3 is 2.22 bits per heavy atom. The van der Waals surface area contributed by atoms with Crippen molar-refractivity contribution in [2.24, 2.45) is 0 Å². The molecule has 4 rings (SSSR count). The first kappa shape index (κ1) is 29.5. The van der Waals surface area contributed by atoms with Crippen molar-refractivity contribution in [3.63, 3.8) is 0 Å². The number of aryl methyl sites for hydroxylation is 2. The number of nitrogens with one attached hydrogen (secondary N) is 3. The minimum absolute atomic E-state index is 0.0154. The lowest BCUT2D eigenvalue weighted by molar-refractivity contribution is 0.102. The number of hydrogen-bond acceptors (Lipinski definition) is 10. The molecule has 2 heterocycles. The van der Waals surface area contributed by atoms with Gasteiger partial charge in [0, 0.05) is 30.7 Å². The lowest BCUT2D eigenvalue weighted by Gasteiger charge is -2.16. The Morgan fingerprint density at radius 1 is 0.951 bits per heavy atom. The number of sulfonamides is 2. The number of hydrogen-bond donors (Lipinski definition) is 3. The number of methoxy groups -OCH3 is 2. The Hall–Kier alpha value is -4.47. The van der Waals surface area contributed by atoms with Crippen molar-refractivity contribution in [1.82, 2.24) is 14.9 Å². The molecular formula is C26H27N5O8S2. The SMILES string of the molecule is COc1cc(NS(=O)(=O)c2c(C)noc2C)c(C(=O)Nc2ccc(S(=O)(=O)NCc3cccnc3)cc2)cc1OC. The van der Waals surface area contributed by atoms with Gasteiger partial charge in [0.1, 0.15) is 5.69 Å². The molecule has 4 aromatic rings. The maximum Gasteiger partial charge on any atom is 0.267 e. The highest BCUT2D eigenvalue weighted by molar-refractivity contribution is 7.92. The van der Waals surface area contributed by atoms with E-state index < -0.39 is 26.0 Å². The van der Waals surface area contributed by atoms with Gasteiger partial charge >= 0.3 is 0 Å². The average Bonchev–Trinajstić information content (AvgIpc) is 3.30. The number of ether oxygens (including phenoxy) is 2. The van der Waals surface area contributed by atoms with Gasteiger partial charge in [-0.1, -0.05) is 11.2 Å². The molecule has 0 saturated heterocycles. The molecule has 3 N–H and O–H groups in total. The zero-order chi connectivity index (χ0) is 29.8. The van der Waals surface area contributed by atoms with Gasteiger partial charge in [-0.3, -0.25) is 14.5 Å². The zero-order valence-electron chi connectivity index (χ0n) is 22.5. The highest BCUT2D eigenvalue weighted by Gasteiger charge is 2.27. The predicted molar refractivity (Wildman–Crippen MR) is 149 cm³/mol. The van der Waals surface area contributed by atoms with Crippen LogP contribution in [0.1, 0.15) is 27.4 Å². The molecule has 2 aromatic carbocycles. The van der Waals surface area contributed by atoms with Crippen LogP contribution in [-0.2, 0) is 26.6 Å². The van der Waals surface area contributed by atoms with Crippen molar-refractivity contribution < 1.29 is 35.6 Å². The van der Waals surface area contributed by atoms with E-state index >= 15 is 0 Å². The van der Waals surface area contributed by atoms with Gasteiger partial charge in [0.25, 0.3) is 15.9 Å². The Balaban J connectivity index is 1.58. The lowest BCUT2D eigenvalue weighted by Crippen LogP contribution is -2.23. The molecule has 0 saturated carbocycles. The number of benzene rings is 2. The summed E-state index contributed by atoms with van der Waals surface area (Å²) in [6, 6.07) is 11.6. The molecule has 0 radical (unpaired) electrons. The van der Waals surface area contributed by atoms with E-state index in [1.54, 1.807) is 24.5 Å². The van der Waals surface area contributed by atoms with E-state index in [0.29, 0.717) is 5.56 Å². The van der Waals surface area contributed by atoms with Crippen molar-refractivity contribution in [3.8, 4) is 11.5 Å². The van der Waals surface area contributed by atoms with Gasteiger partial charge in [-0.05, 0) is 55.8 Å². The van der Waals surface area contributed by atoms with Crippen LogP contribution in [0.25, 0.3) is 0 Å². The van der Waals surface area contributed by atoms with Crippen LogP contribution < -0.4 is 24.2 Å². The molecule has 15 heteroatoms.